The topological polar surface area (TPSA) is 71.5 Å². The van der Waals surface area contributed by atoms with Crippen LogP contribution in [0, 0.1) is 0 Å². The molecule has 0 fully saturated rings. The fourth-order valence-electron chi connectivity index (χ4n) is 1.04. The number of aromatic nitrogens is 1. The van der Waals surface area contributed by atoms with Crippen molar-refractivity contribution in [3.8, 4) is 0 Å². The first-order chi connectivity index (χ1) is 7.35. The number of hydrogen-bond acceptors (Lipinski definition) is 4. The van der Waals surface area contributed by atoms with Gasteiger partial charge in [0.15, 0.2) is 5.84 Å². The Morgan fingerprint density at radius 3 is 2.69 bits per heavy atom. The van der Waals surface area contributed by atoms with Crippen LogP contribution in [0.25, 0.3) is 0 Å². The van der Waals surface area contributed by atoms with Crippen LogP contribution in [-0.2, 0) is 0 Å². The van der Waals surface area contributed by atoms with E-state index >= 15 is 0 Å². The van der Waals surface area contributed by atoms with E-state index in [2.05, 4.69) is 30.9 Å². The fourth-order valence-corrected chi connectivity index (χ4v) is 2.25. The average Bonchev–Trinajstić information content (AvgIpc) is 2.18. The molecule has 1 aromatic heterocycles. The van der Waals surface area contributed by atoms with Crippen LogP contribution in [0.3, 0.4) is 0 Å². The Balaban J connectivity index is 3.14. The van der Waals surface area contributed by atoms with Gasteiger partial charge in [-0.3, -0.25) is 0 Å². The second-order valence-electron chi connectivity index (χ2n) is 4.18. The quantitative estimate of drug-likeness (QED) is 0.282. The summed E-state index contributed by atoms with van der Waals surface area (Å²) in [5.74, 6) is -0.0110. The maximum absolute atomic E-state index is 8.61. The third-order valence-electron chi connectivity index (χ3n) is 1.64. The lowest BCUT2D eigenvalue weighted by Crippen LogP contribution is -2.15. The highest BCUT2D eigenvalue weighted by atomic mass is 35.5. The van der Waals surface area contributed by atoms with Crippen LogP contribution in [-0.4, -0.2) is 20.8 Å². The van der Waals surface area contributed by atoms with E-state index in [1.807, 2.05) is 0 Å². The predicted octanol–water partition coefficient (Wildman–Crippen LogP) is 2.72. The van der Waals surface area contributed by atoms with Gasteiger partial charge in [0.2, 0.25) is 0 Å². The Kier molecular flexibility index (Phi) is 4.04. The monoisotopic (exact) mass is 259 g/mol. The summed E-state index contributed by atoms with van der Waals surface area (Å²) in [7, 11) is 0. The van der Waals surface area contributed by atoms with Crippen molar-refractivity contribution < 1.29 is 5.21 Å². The van der Waals surface area contributed by atoms with Crippen molar-refractivity contribution in [1.29, 1.82) is 0 Å². The summed E-state index contributed by atoms with van der Waals surface area (Å²) in [6.45, 7) is 6.18. The van der Waals surface area contributed by atoms with E-state index in [4.69, 9.17) is 22.5 Å². The van der Waals surface area contributed by atoms with E-state index in [0.29, 0.717) is 15.6 Å². The number of rotatable bonds is 2. The first-order valence-corrected chi connectivity index (χ1v) is 5.86. The summed E-state index contributed by atoms with van der Waals surface area (Å²) >= 11 is 7.67. The van der Waals surface area contributed by atoms with Gasteiger partial charge >= 0.3 is 0 Å². The van der Waals surface area contributed by atoms with Gasteiger partial charge in [0, 0.05) is 16.5 Å². The molecule has 0 amide bonds. The maximum Gasteiger partial charge on any atom is 0.171 e. The largest absolute Gasteiger partial charge is 0.409 e. The molecule has 88 valence electrons. The van der Waals surface area contributed by atoms with Crippen molar-refractivity contribution in [3.05, 3.63) is 22.8 Å². The Labute approximate surface area is 104 Å². The lowest BCUT2D eigenvalue weighted by atomic mass is 10.2. The highest BCUT2D eigenvalue weighted by molar-refractivity contribution is 8.00. The highest BCUT2D eigenvalue weighted by Gasteiger charge is 2.18. The van der Waals surface area contributed by atoms with E-state index in [0.717, 1.165) is 0 Å². The Morgan fingerprint density at radius 2 is 2.19 bits per heavy atom. The van der Waals surface area contributed by atoms with Gasteiger partial charge < -0.3 is 10.9 Å². The molecule has 1 heterocycles. The van der Waals surface area contributed by atoms with Gasteiger partial charge in [-0.2, -0.15) is 0 Å². The van der Waals surface area contributed by atoms with Gasteiger partial charge in [-0.05, 0) is 6.07 Å². The second-order valence-corrected chi connectivity index (χ2v) is 6.37. The summed E-state index contributed by atoms with van der Waals surface area (Å²) in [5.41, 5.74) is 6.00. The average molecular weight is 260 g/mol. The number of thioether (sulfide) groups is 1. The molecule has 0 aromatic carbocycles. The minimum absolute atomic E-state index is 0.000380. The molecule has 0 atom stereocenters. The molecule has 0 spiro atoms. The molecule has 0 unspecified atom stereocenters. The predicted molar refractivity (Wildman–Crippen MR) is 67.4 cm³/mol. The number of nitrogens with zero attached hydrogens (tertiary/aromatic N) is 2. The van der Waals surface area contributed by atoms with E-state index in [9.17, 15) is 0 Å². The van der Waals surface area contributed by atoms with Crippen LogP contribution in [0.1, 0.15) is 26.3 Å². The van der Waals surface area contributed by atoms with Gasteiger partial charge in [0.05, 0.1) is 5.02 Å². The van der Waals surface area contributed by atoms with Crippen LogP contribution < -0.4 is 5.73 Å². The molecule has 6 heteroatoms. The van der Waals surface area contributed by atoms with Crippen LogP contribution in [0.15, 0.2) is 22.4 Å². The standard InChI is InChI=1S/C10H14ClN3OS/c1-10(2,3)16-9-7(11)6(4-5-13-9)8(12)14-15/h4-5,15H,1-3H3,(H2,12,14). The zero-order valence-corrected chi connectivity index (χ0v) is 10.9. The molecule has 0 aliphatic carbocycles. The van der Waals surface area contributed by atoms with Crippen molar-refractivity contribution in [2.75, 3.05) is 0 Å². The first-order valence-electron chi connectivity index (χ1n) is 4.66. The van der Waals surface area contributed by atoms with E-state index in [1.54, 1.807) is 12.3 Å². The summed E-state index contributed by atoms with van der Waals surface area (Å²) in [6.07, 6.45) is 1.59. The second kappa shape index (κ2) is 4.93. The Bertz CT molecular complexity index is 415. The summed E-state index contributed by atoms with van der Waals surface area (Å²) < 4.78 is 0.000380. The van der Waals surface area contributed by atoms with Gasteiger partial charge in [-0.1, -0.05) is 49.3 Å². The first kappa shape index (κ1) is 13.1. The van der Waals surface area contributed by atoms with E-state index in [1.165, 1.54) is 11.8 Å². The number of hydrogen-bond donors (Lipinski definition) is 2. The fraction of sp³-hybridized carbons (Fsp3) is 0.400. The zero-order chi connectivity index (χ0) is 12.3. The van der Waals surface area contributed by atoms with Crippen molar-refractivity contribution in [2.24, 2.45) is 10.9 Å². The molecule has 3 N–H and O–H groups in total. The molecule has 16 heavy (non-hydrogen) atoms. The van der Waals surface area contributed by atoms with Gasteiger partial charge in [-0.15, -0.1) is 0 Å². The minimum Gasteiger partial charge on any atom is -0.409 e. The van der Waals surface area contributed by atoms with Crippen LogP contribution >= 0.6 is 23.4 Å². The molecule has 0 aliphatic rings. The third kappa shape index (κ3) is 3.28. The summed E-state index contributed by atoms with van der Waals surface area (Å²) in [4.78, 5) is 4.18. The smallest absolute Gasteiger partial charge is 0.171 e. The molecular formula is C10H14ClN3OS. The molecular weight excluding hydrogens is 246 g/mol. The lowest BCUT2D eigenvalue weighted by Gasteiger charge is -2.18. The van der Waals surface area contributed by atoms with Gasteiger partial charge in [0.1, 0.15) is 5.03 Å². The zero-order valence-electron chi connectivity index (χ0n) is 9.36. The molecule has 1 rings (SSSR count). The van der Waals surface area contributed by atoms with Crippen molar-refractivity contribution in [1.82, 2.24) is 4.98 Å². The summed E-state index contributed by atoms with van der Waals surface area (Å²) in [6, 6.07) is 1.62. The lowest BCUT2D eigenvalue weighted by molar-refractivity contribution is 0.318. The van der Waals surface area contributed by atoms with Crippen molar-refractivity contribution in [3.63, 3.8) is 0 Å². The molecule has 0 radical (unpaired) electrons. The molecule has 0 saturated carbocycles. The minimum atomic E-state index is -0.0110. The van der Waals surface area contributed by atoms with Crippen LogP contribution in [0.2, 0.25) is 5.02 Å². The molecule has 4 nitrogen and oxygen atoms in total. The molecule has 0 saturated heterocycles. The van der Waals surface area contributed by atoms with E-state index in [-0.39, 0.29) is 10.6 Å². The Hall–Kier alpha value is -0.940. The van der Waals surface area contributed by atoms with Crippen LogP contribution in [0.4, 0.5) is 0 Å². The molecule has 0 bridgehead atoms. The number of amidine groups is 1. The number of oxime groups is 1. The van der Waals surface area contributed by atoms with Crippen molar-refractivity contribution in [2.45, 2.75) is 30.5 Å². The maximum atomic E-state index is 8.61. The SMILES string of the molecule is CC(C)(C)Sc1nccc(/C(N)=N/O)c1Cl. The highest BCUT2D eigenvalue weighted by Crippen LogP contribution is 2.36. The molecule has 1 aromatic rings. The van der Waals surface area contributed by atoms with Crippen LogP contribution in [0.5, 0.6) is 0 Å². The Morgan fingerprint density at radius 1 is 1.56 bits per heavy atom. The summed E-state index contributed by atoms with van der Waals surface area (Å²) in [5, 5.41) is 12.6. The third-order valence-corrected chi connectivity index (χ3v) is 3.25. The van der Waals surface area contributed by atoms with Gasteiger partial charge in [-0.25, -0.2) is 4.98 Å². The number of nitrogens with two attached hydrogens (primary N) is 1. The normalized spacial score (nSPS) is 12.9. The number of pyridine rings is 1. The van der Waals surface area contributed by atoms with E-state index < -0.39 is 0 Å². The van der Waals surface area contributed by atoms with Crippen molar-refractivity contribution >= 4 is 29.2 Å². The van der Waals surface area contributed by atoms with Gasteiger partial charge in [0.25, 0.3) is 0 Å². The molecule has 0 aliphatic heterocycles. The number of halogens is 1.